The van der Waals surface area contributed by atoms with Gasteiger partial charge in [-0.05, 0) is 6.42 Å². The highest BCUT2D eigenvalue weighted by Crippen LogP contribution is 2.28. The van der Waals surface area contributed by atoms with Crippen LogP contribution in [0.2, 0.25) is 0 Å². The van der Waals surface area contributed by atoms with Crippen LogP contribution >= 0.6 is 0 Å². The summed E-state index contributed by atoms with van der Waals surface area (Å²) in [5.74, 6) is 0.425. The van der Waals surface area contributed by atoms with Gasteiger partial charge in [0.1, 0.15) is 5.78 Å². The Morgan fingerprint density at radius 3 is 2.20 bits per heavy atom. The van der Waals surface area contributed by atoms with Crippen LogP contribution < -0.4 is 5.32 Å². The van der Waals surface area contributed by atoms with E-state index in [-0.39, 0.29) is 5.41 Å². The molecule has 2 nitrogen and oxygen atoms in total. The second-order valence-electron chi connectivity index (χ2n) is 3.01. The van der Waals surface area contributed by atoms with Crippen molar-refractivity contribution in [3.63, 3.8) is 0 Å². The van der Waals surface area contributed by atoms with E-state index in [0.29, 0.717) is 12.2 Å². The molecular weight excluding hydrogens is 126 g/mol. The minimum atomic E-state index is 0.0226. The fourth-order valence-corrected chi connectivity index (χ4v) is 1.45. The Hall–Kier alpha value is -0.370. The molecule has 0 saturated carbocycles. The van der Waals surface area contributed by atoms with Crippen molar-refractivity contribution in [1.29, 1.82) is 0 Å². The Balaban J connectivity index is 2.55. The van der Waals surface area contributed by atoms with Crippen LogP contribution in [0.1, 0.15) is 26.7 Å². The molecule has 1 fully saturated rings. The van der Waals surface area contributed by atoms with Gasteiger partial charge in [-0.15, -0.1) is 0 Å². The molecule has 0 bridgehead atoms. The van der Waals surface area contributed by atoms with Crippen molar-refractivity contribution >= 4 is 5.78 Å². The zero-order valence-electron chi connectivity index (χ0n) is 6.74. The Kier molecular flexibility index (Phi) is 2.09. The summed E-state index contributed by atoms with van der Waals surface area (Å²) >= 11 is 0. The lowest BCUT2D eigenvalue weighted by Gasteiger charge is -2.40. The molecule has 0 spiro atoms. The average molecular weight is 141 g/mol. The third kappa shape index (κ3) is 0.966. The van der Waals surface area contributed by atoms with Crippen LogP contribution in [-0.2, 0) is 4.79 Å². The van der Waals surface area contributed by atoms with Gasteiger partial charge >= 0.3 is 0 Å². The number of ketones is 1. The molecule has 1 rings (SSSR count). The molecule has 0 amide bonds. The van der Waals surface area contributed by atoms with E-state index in [0.717, 1.165) is 19.5 Å². The maximum Gasteiger partial charge on any atom is 0.141 e. The van der Waals surface area contributed by atoms with Crippen LogP contribution in [0.5, 0.6) is 0 Å². The van der Waals surface area contributed by atoms with Crippen molar-refractivity contribution in [1.82, 2.24) is 5.32 Å². The minimum Gasteiger partial charge on any atom is -0.315 e. The number of carbonyl (C=O) groups excluding carboxylic acids is 1. The highest BCUT2D eigenvalue weighted by atomic mass is 16.1. The van der Waals surface area contributed by atoms with Crippen LogP contribution in [0.15, 0.2) is 0 Å². The van der Waals surface area contributed by atoms with E-state index in [1.165, 1.54) is 0 Å². The maximum atomic E-state index is 11.3. The molecule has 0 radical (unpaired) electrons. The fraction of sp³-hybridized carbons (Fsp3) is 0.875. The Labute approximate surface area is 62.0 Å². The number of carbonyl (C=O) groups is 1. The summed E-state index contributed by atoms with van der Waals surface area (Å²) in [5, 5.41) is 3.15. The van der Waals surface area contributed by atoms with Gasteiger partial charge < -0.3 is 5.32 Å². The topological polar surface area (TPSA) is 29.1 Å². The Bertz CT molecular complexity index is 133. The van der Waals surface area contributed by atoms with Crippen LogP contribution in [0.25, 0.3) is 0 Å². The predicted octanol–water partition coefficient (Wildman–Crippen LogP) is 0.965. The quantitative estimate of drug-likeness (QED) is 0.634. The lowest BCUT2D eigenvalue weighted by Crippen LogP contribution is -2.57. The summed E-state index contributed by atoms with van der Waals surface area (Å²) in [4.78, 5) is 11.3. The molecule has 1 heterocycles. The summed E-state index contributed by atoms with van der Waals surface area (Å²) in [6, 6.07) is 0. The first-order valence-corrected chi connectivity index (χ1v) is 3.99. The van der Waals surface area contributed by atoms with Crippen molar-refractivity contribution in [2.45, 2.75) is 26.7 Å². The monoisotopic (exact) mass is 141 g/mol. The second kappa shape index (κ2) is 2.70. The molecule has 0 aromatic heterocycles. The molecule has 0 aromatic rings. The molecule has 1 N–H and O–H groups in total. The first-order valence-electron chi connectivity index (χ1n) is 3.99. The van der Waals surface area contributed by atoms with Crippen molar-refractivity contribution in [3.05, 3.63) is 0 Å². The maximum absolute atomic E-state index is 11.3. The summed E-state index contributed by atoms with van der Waals surface area (Å²) in [6.07, 6.45) is 1.68. The molecule has 58 valence electrons. The van der Waals surface area contributed by atoms with E-state index in [1.807, 2.05) is 6.92 Å². The molecule has 2 heteroatoms. The van der Waals surface area contributed by atoms with Crippen LogP contribution in [0, 0.1) is 5.41 Å². The van der Waals surface area contributed by atoms with Crippen LogP contribution in [0.3, 0.4) is 0 Å². The summed E-state index contributed by atoms with van der Waals surface area (Å²) in [5.41, 5.74) is 0.0226. The highest BCUT2D eigenvalue weighted by Gasteiger charge is 2.40. The number of hydrogen-bond donors (Lipinski definition) is 1. The molecule has 1 aliphatic rings. The molecule has 0 unspecified atom stereocenters. The van der Waals surface area contributed by atoms with Gasteiger partial charge in [0.25, 0.3) is 0 Å². The van der Waals surface area contributed by atoms with Gasteiger partial charge in [0, 0.05) is 19.5 Å². The van der Waals surface area contributed by atoms with E-state index >= 15 is 0 Å². The zero-order chi connectivity index (χ0) is 7.61. The predicted molar refractivity (Wildman–Crippen MR) is 40.9 cm³/mol. The molecular formula is C8H15NO. The number of rotatable bonds is 3. The molecule has 1 saturated heterocycles. The first kappa shape index (κ1) is 7.73. The number of nitrogens with one attached hydrogen (secondary N) is 1. The van der Waals surface area contributed by atoms with Crippen LogP contribution in [-0.4, -0.2) is 18.9 Å². The summed E-state index contributed by atoms with van der Waals surface area (Å²) in [7, 11) is 0. The van der Waals surface area contributed by atoms with Crippen molar-refractivity contribution in [3.8, 4) is 0 Å². The minimum absolute atomic E-state index is 0.0226. The van der Waals surface area contributed by atoms with Crippen LogP contribution in [0.4, 0.5) is 0 Å². The van der Waals surface area contributed by atoms with E-state index in [9.17, 15) is 4.79 Å². The van der Waals surface area contributed by atoms with E-state index < -0.39 is 0 Å². The van der Waals surface area contributed by atoms with Gasteiger partial charge in [-0.3, -0.25) is 4.79 Å². The molecule has 0 atom stereocenters. The first-order chi connectivity index (χ1) is 4.75. The smallest absolute Gasteiger partial charge is 0.141 e. The van der Waals surface area contributed by atoms with Crippen molar-refractivity contribution in [2.24, 2.45) is 5.41 Å². The highest BCUT2D eigenvalue weighted by molar-refractivity contribution is 5.86. The molecule has 1 aliphatic heterocycles. The van der Waals surface area contributed by atoms with E-state index in [2.05, 4.69) is 12.2 Å². The molecule has 10 heavy (non-hydrogen) atoms. The third-order valence-corrected chi connectivity index (χ3v) is 2.52. The normalized spacial score (nSPS) is 21.8. The van der Waals surface area contributed by atoms with Gasteiger partial charge in [0.2, 0.25) is 0 Å². The third-order valence-electron chi connectivity index (χ3n) is 2.52. The van der Waals surface area contributed by atoms with Gasteiger partial charge in [-0.25, -0.2) is 0 Å². The lowest BCUT2D eigenvalue weighted by atomic mass is 9.74. The fourth-order valence-electron chi connectivity index (χ4n) is 1.45. The summed E-state index contributed by atoms with van der Waals surface area (Å²) < 4.78 is 0. The zero-order valence-corrected chi connectivity index (χ0v) is 6.74. The van der Waals surface area contributed by atoms with Crippen molar-refractivity contribution in [2.75, 3.05) is 13.1 Å². The largest absolute Gasteiger partial charge is 0.315 e. The van der Waals surface area contributed by atoms with Gasteiger partial charge in [0.15, 0.2) is 0 Å². The summed E-state index contributed by atoms with van der Waals surface area (Å²) in [6.45, 7) is 5.83. The number of hydrogen-bond acceptors (Lipinski definition) is 2. The standard InChI is InChI=1S/C8H15NO/c1-3-7(10)8(4-2)5-9-6-8/h9H,3-6H2,1-2H3. The molecule has 0 aromatic carbocycles. The second-order valence-corrected chi connectivity index (χ2v) is 3.01. The Morgan fingerprint density at radius 1 is 1.50 bits per heavy atom. The Morgan fingerprint density at radius 2 is 2.10 bits per heavy atom. The SMILES string of the molecule is CCC(=O)C1(CC)CNC1. The van der Waals surface area contributed by atoms with Gasteiger partial charge in [-0.1, -0.05) is 13.8 Å². The van der Waals surface area contributed by atoms with E-state index in [4.69, 9.17) is 0 Å². The van der Waals surface area contributed by atoms with E-state index in [1.54, 1.807) is 0 Å². The van der Waals surface area contributed by atoms with Crippen molar-refractivity contribution < 1.29 is 4.79 Å². The molecule has 0 aliphatic carbocycles. The average Bonchev–Trinajstić information content (AvgIpc) is 1.86. The number of Topliss-reactive ketones (excluding diaryl/α,β-unsaturated/α-hetero) is 1. The van der Waals surface area contributed by atoms with Gasteiger partial charge in [0.05, 0.1) is 5.41 Å². The van der Waals surface area contributed by atoms with Gasteiger partial charge in [-0.2, -0.15) is 0 Å². The lowest BCUT2D eigenvalue weighted by molar-refractivity contribution is -0.131.